The summed E-state index contributed by atoms with van der Waals surface area (Å²) >= 11 is 4.49. The SMILES string of the molecule is CCCO[Si](I)(I)OC. The highest BCUT2D eigenvalue weighted by Gasteiger charge is 2.28. The van der Waals surface area contributed by atoms with E-state index < -0.39 is 3.55 Å². The highest BCUT2D eigenvalue weighted by molar-refractivity contribution is 14.3. The smallest absolute Gasteiger partial charge is 0.383 e. The van der Waals surface area contributed by atoms with Crippen LogP contribution in [0.15, 0.2) is 0 Å². The van der Waals surface area contributed by atoms with Crippen molar-refractivity contribution in [3.05, 3.63) is 0 Å². The van der Waals surface area contributed by atoms with Crippen LogP contribution in [0, 0.1) is 0 Å². The molecule has 0 saturated carbocycles. The zero-order valence-corrected chi connectivity index (χ0v) is 10.8. The van der Waals surface area contributed by atoms with Crippen LogP contribution >= 0.6 is 43.6 Å². The first-order valence-corrected chi connectivity index (χ1v) is 10.7. The molecule has 0 bridgehead atoms. The van der Waals surface area contributed by atoms with E-state index >= 15 is 0 Å². The Balaban J connectivity index is 3.33. The van der Waals surface area contributed by atoms with Crippen LogP contribution in [0.1, 0.15) is 13.3 Å². The van der Waals surface area contributed by atoms with Crippen molar-refractivity contribution in [2.45, 2.75) is 13.3 Å². The summed E-state index contributed by atoms with van der Waals surface area (Å²) in [4.78, 5) is 0. The van der Waals surface area contributed by atoms with Crippen LogP contribution in [0.4, 0.5) is 0 Å². The van der Waals surface area contributed by atoms with Crippen molar-refractivity contribution in [3.8, 4) is 0 Å². The Morgan fingerprint density at radius 2 is 2.00 bits per heavy atom. The van der Waals surface area contributed by atoms with Gasteiger partial charge in [0.05, 0.1) is 0 Å². The van der Waals surface area contributed by atoms with Gasteiger partial charge in [-0.2, -0.15) is 0 Å². The predicted molar refractivity (Wildman–Crippen MR) is 57.0 cm³/mol. The molecule has 9 heavy (non-hydrogen) atoms. The summed E-state index contributed by atoms with van der Waals surface area (Å²) in [5, 5.41) is 0. The third-order valence-corrected chi connectivity index (χ3v) is 6.24. The molecule has 0 aromatic rings. The van der Waals surface area contributed by atoms with Crippen molar-refractivity contribution in [1.29, 1.82) is 0 Å². The minimum atomic E-state index is -1.76. The van der Waals surface area contributed by atoms with Gasteiger partial charge in [0.25, 0.3) is 0 Å². The summed E-state index contributed by atoms with van der Waals surface area (Å²) < 4.78 is 8.79. The summed E-state index contributed by atoms with van der Waals surface area (Å²) in [6.07, 6.45) is 1.06. The maximum atomic E-state index is 5.42. The lowest BCUT2D eigenvalue weighted by Gasteiger charge is -2.14. The van der Waals surface area contributed by atoms with Crippen LogP contribution in [0.2, 0.25) is 0 Å². The fourth-order valence-corrected chi connectivity index (χ4v) is 2.16. The average molecular weight is 372 g/mol. The fraction of sp³-hybridized carbons (Fsp3) is 1.00. The molecular weight excluding hydrogens is 362 g/mol. The molecule has 0 aliphatic carbocycles. The van der Waals surface area contributed by atoms with Crippen molar-refractivity contribution in [1.82, 2.24) is 0 Å². The lowest BCUT2D eigenvalue weighted by molar-refractivity contribution is 0.249. The maximum absolute atomic E-state index is 5.42. The van der Waals surface area contributed by atoms with Crippen LogP contribution in [0.25, 0.3) is 0 Å². The molecule has 0 fully saturated rings. The van der Waals surface area contributed by atoms with Gasteiger partial charge in [0.15, 0.2) is 0 Å². The first-order chi connectivity index (χ1) is 4.12. The molecule has 0 aliphatic heterocycles. The van der Waals surface area contributed by atoms with Crippen LogP contribution in [-0.4, -0.2) is 17.3 Å². The third-order valence-electron chi connectivity index (χ3n) is 0.712. The molecular formula is C4H10I2O2Si. The zero-order valence-electron chi connectivity index (χ0n) is 5.49. The molecule has 0 aromatic carbocycles. The zero-order chi connectivity index (χ0) is 7.33. The second-order valence-electron chi connectivity index (χ2n) is 1.52. The van der Waals surface area contributed by atoms with E-state index in [9.17, 15) is 0 Å². The van der Waals surface area contributed by atoms with E-state index in [0.717, 1.165) is 13.0 Å². The lowest BCUT2D eigenvalue weighted by atomic mass is 10.5. The fourth-order valence-electron chi connectivity index (χ4n) is 0.280. The largest absolute Gasteiger partial charge is 0.476 e. The third kappa shape index (κ3) is 6.01. The van der Waals surface area contributed by atoms with Crippen LogP contribution in [0.5, 0.6) is 0 Å². The van der Waals surface area contributed by atoms with E-state index in [2.05, 4.69) is 50.5 Å². The quantitative estimate of drug-likeness (QED) is 0.429. The van der Waals surface area contributed by atoms with E-state index in [1.807, 2.05) is 0 Å². The molecule has 0 unspecified atom stereocenters. The van der Waals surface area contributed by atoms with Gasteiger partial charge in [0.1, 0.15) is 0 Å². The van der Waals surface area contributed by atoms with E-state index in [1.165, 1.54) is 0 Å². The normalized spacial score (nSPS) is 12.0. The second-order valence-corrected chi connectivity index (χ2v) is 17.9. The molecule has 0 saturated heterocycles. The number of hydrogen-bond acceptors (Lipinski definition) is 2. The molecule has 0 radical (unpaired) electrons. The Morgan fingerprint density at radius 3 is 2.33 bits per heavy atom. The standard InChI is InChI=1S/C4H10I2O2Si/c1-3-4-8-9(5,6)7-2/h3-4H2,1-2H3. The first kappa shape index (κ1) is 10.6. The Bertz CT molecular complexity index is 79.0. The molecule has 0 N–H and O–H groups in total. The minimum absolute atomic E-state index is 0.811. The van der Waals surface area contributed by atoms with Gasteiger partial charge >= 0.3 is 3.55 Å². The van der Waals surface area contributed by atoms with Crippen molar-refractivity contribution in [3.63, 3.8) is 0 Å². The van der Waals surface area contributed by atoms with Crippen LogP contribution in [0.3, 0.4) is 0 Å². The summed E-state index contributed by atoms with van der Waals surface area (Å²) in [6, 6.07) is 0. The molecule has 0 heterocycles. The number of hydrogen-bond donors (Lipinski definition) is 0. The number of rotatable bonds is 4. The van der Waals surface area contributed by atoms with Gasteiger partial charge in [-0.3, -0.25) is 0 Å². The molecule has 0 rings (SSSR count). The van der Waals surface area contributed by atoms with Gasteiger partial charge < -0.3 is 8.85 Å². The summed E-state index contributed by atoms with van der Waals surface area (Å²) in [6.45, 7) is 2.90. The van der Waals surface area contributed by atoms with Crippen molar-refractivity contribution in [2.24, 2.45) is 0 Å². The van der Waals surface area contributed by atoms with Crippen molar-refractivity contribution in [2.75, 3.05) is 13.7 Å². The molecule has 0 spiro atoms. The molecule has 0 aromatic heterocycles. The van der Waals surface area contributed by atoms with Gasteiger partial charge in [-0.05, 0) is 50.0 Å². The van der Waals surface area contributed by atoms with Crippen LogP contribution in [-0.2, 0) is 8.85 Å². The van der Waals surface area contributed by atoms with Gasteiger partial charge in [0, 0.05) is 13.7 Å². The highest BCUT2D eigenvalue weighted by Crippen LogP contribution is 2.23. The Morgan fingerprint density at radius 1 is 1.44 bits per heavy atom. The molecule has 0 amide bonds. The Labute approximate surface area is 82.4 Å². The van der Waals surface area contributed by atoms with Gasteiger partial charge in [0.2, 0.25) is 0 Å². The van der Waals surface area contributed by atoms with Gasteiger partial charge in [-0.1, -0.05) is 6.92 Å². The predicted octanol–water partition coefficient (Wildman–Crippen LogP) is 2.37. The van der Waals surface area contributed by atoms with Gasteiger partial charge in [-0.25, -0.2) is 0 Å². The average Bonchev–Trinajstić information content (AvgIpc) is 1.84. The Kier molecular flexibility index (Phi) is 6.21. The van der Waals surface area contributed by atoms with Crippen molar-refractivity contribution >= 4 is 47.1 Å². The van der Waals surface area contributed by atoms with E-state index in [4.69, 9.17) is 8.85 Å². The van der Waals surface area contributed by atoms with E-state index in [1.54, 1.807) is 7.11 Å². The molecule has 0 aliphatic rings. The monoisotopic (exact) mass is 372 g/mol. The minimum Gasteiger partial charge on any atom is -0.383 e. The first-order valence-electron chi connectivity index (χ1n) is 2.69. The summed E-state index contributed by atoms with van der Waals surface area (Å²) in [7, 11) is 1.70. The van der Waals surface area contributed by atoms with Gasteiger partial charge in [-0.15, -0.1) is 0 Å². The lowest BCUT2D eigenvalue weighted by Crippen LogP contribution is -2.25. The topological polar surface area (TPSA) is 18.5 Å². The van der Waals surface area contributed by atoms with E-state index in [0.29, 0.717) is 0 Å². The Hall–Kier alpha value is 1.60. The molecule has 2 nitrogen and oxygen atoms in total. The second kappa shape index (κ2) is 5.27. The van der Waals surface area contributed by atoms with Crippen LogP contribution < -0.4 is 0 Å². The molecule has 56 valence electrons. The van der Waals surface area contributed by atoms with E-state index in [-0.39, 0.29) is 0 Å². The molecule has 5 heteroatoms. The summed E-state index contributed by atoms with van der Waals surface area (Å²) in [5.41, 5.74) is 0. The van der Waals surface area contributed by atoms with Crippen molar-refractivity contribution < 1.29 is 8.85 Å². The maximum Gasteiger partial charge on any atom is 0.476 e. The summed E-state index contributed by atoms with van der Waals surface area (Å²) in [5.74, 6) is 0. The highest BCUT2D eigenvalue weighted by atomic mass is 127. The molecule has 0 atom stereocenters. The number of halogens is 2.